The molecule has 1 aromatic rings. The van der Waals surface area contributed by atoms with Gasteiger partial charge in [0, 0.05) is 20.1 Å². The molecule has 1 N–H and O–H groups in total. The molecule has 1 aromatic carbocycles. The zero-order chi connectivity index (χ0) is 13.6. The lowest BCUT2D eigenvalue weighted by Gasteiger charge is -2.18. The SMILES string of the molecule is CCCN(C)S(=O)(=O)c1ccccc1CNCC. The Morgan fingerprint density at radius 1 is 1.22 bits per heavy atom. The molecule has 1 rings (SSSR count). The van der Waals surface area contributed by atoms with Gasteiger partial charge in [-0.1, -0.05) is 32.0 Å². The lowest BCUT2D eigenvalue weighted by molar-refractivity contribution is 0.467. The van der Waals surface area contributed by atoms with Gasteiger partial charge in [-0.15, -0.1) is 0 Å². The molecule has 0 unspecified atom stereocenters. The van der Waals surface area contributed by atoms with Crippen molar-refractivity contribution in [1.29, 1.82) is 0 Å². The second-order valence-electron chi connectivity index (χ2n) is 4.21. The van der Waals surface area contributed by atoms with E-state index in [2.05, 4.69) is 5.32 Å². The first-order valence-corrected chi connectivity index (χ1v) is 7.73. The summed E-state index contributed by atoms with van der Waals surface area (Å²) in [6.45, 7) is 5.90. The molecule has 0 heterocycles. The summed E-state index contributed by atoms with van der Waals surface area (Å²) in [5.41, 5.74) is 0.822. The van der Waals surface area contributed by atoms with Crippen LogP contribution in [0.5, 0.6) is 0 Å². The second-order valence-corrected chi connectivity index (χ2v) is 6.23. The van der Waals surface area contributed by atoms with Gasteiger partial charge in [-0.2, -0.15) is 0 Å². The molecule has 0 fully saturated rings. The van der Waals surface area contributed by atoms with Gasteiger partial charge in [0.1, 0.15) is 0 Å². The van der Waals surface area contributed by atoms with Crippen molar-refractivity contribution in [2.75, 3.05) is 20.1 Å². The highest BCUT2D eigenvalue weighted by atomic mass is 32.2. The molecular weight excluding hydrogens is 248 g/mol. The van der Waals surface area contributed by atoms with Gasteiger partial charge in [-0.3, -0.25) is 0 Å². The summed E-state index contributed by atoms with van der Waals surface area (Å²) in [5, 5.41) is 3.17. The first kappa shape index (κ1) is 15.1. The van der Waals surface area contributed by atoms with Crippen LogP contribution in [0.1, 0.15) is 25.8 Å². The largest absolute Gasteiger partial charge is 0.313 e. The molecule has 0 saturated heterocycles. The number of hydrogen-bond acceptors (Lipinski definition) is 3. The molecule has 0 aliphatic heterocycles. The first-order chi connectivity index (χ1) is 8.54. The highest BCUT2D eigenvalue weighted by molar-refractivity contribution is 7.89. The normalized spacial score (nSPS) is 12.0. The Morgan fingerprint density at radius 2 is 1.89 bits per heavy atom. The van der Waals surface area contributed by atoms with Crippen LogP contribution in [-0.4, -0.2) is 32.9 Å². The highest BCUT2D eigenvalue weighted by Crippen LogP contribution is 2.19. The minimum absolute atomic E-state index is 0.405. The summed E-state index contributed by atoms with van der Waals surface area (Å²) in [4.78, 5) is 0.405. The van der Waals surface area contributed by atoms with E-state index < -0.39 is 10.0 Å². The molecule has 18 heavy (non-hydrogen) atoms. The van der Waals surface area contributed by atoms with Gasteiger partial charge >= 0.3 is 0 Å². The fourth-order valence-electron chi connectivity index (χ4n) is 1.76. The van der Waals surface area contributed by atoms with Crippen molar-refractivity contribution in [3.63, 3.8) is 0 Å². The fourth-order valence-corrected chi connectivity index (χ4v) is 3.24. The predicted molar refractivity (Wildman–Crippen MR) is 73.9 cm³/mol. The molecule has 0 aliphatic rings. The summed E-state index contributed by atoms with van der Waals surface area (Å²) in [7, 11) is -1.74. The van der Waals surface area contributed by atoms with E-state index in [-0.39, 0.29) is 0 Å². The second kappa shape index (κ2) is 6.87. The van der Waals surface area contributed by atoms with Crippen molar-refractivity contribution in [2.45, 2.75) is 31.7 Å². The van der Waals surface area contributed by atoms with Crippen LogP contribution in [0.2, 0.25) is 0 Å². The molecule has 0 radical (unpaired) electrons. The standard InChI is InChI=1S/C13H22N2O2S/c1-4-10-15(3)18(16,17)13-9-7-6-8-12(13)11-14-5-2/h6-9,14H,4-5,10-11H2,1-3H3. The van der Waals surface area contributed by atoms with E-state index in [1.807, 2.05) is 26.0 Å². The molecular formula is C13H22N2O2S. The Kier molecular flexibility index (Phi) is 5.78. The Morgan fingerprint density at radius 3 is 2.50 bits per heavy atom. The third kappa shape index (κ3) is 3.54. The van der Waals surface area contributed by atoms with Crippen LogP contribution in [-0.2, 0) is 16.6 Å². The predicted octanol–water partition coefficient (Wildman–Crippen LogP) is 1.83. The topological polar surface area (TPSA) is 49.4 Å². The van der Waals surface area contributed by atoms with Crippen molar-refractivity contribution < 1.29 is 8.42 Å². The zero-order valence-corrected chi connectivity index (χ0v) is 12.1. The summed E-state index contributed by atoms with van der Waals surface area (Å²) >= 11 is 0. The van der Waals surface area contributed by atoms with Crippen LogP contribution >= 0.6 is 0 Å². The van der Waals surface area contributed by atoms with Gasteiger partial charge in [-0.05, 0) is 24.6 Å². The number of nitrogens with zero attached hydrogens (tertiary/aromatic N) is 1. The van der Waals surface area contributed by atoms with E-state index in [4.69, 9.17) is 0 Å². The lowest BCUT2D eigenvalue weighted by atomic mass is 10.2. The average Bonchev–Trinajstić information content (AvgIpc) is 2.37. The smallest absolute Gasteiger partial charge is 0.243 e. The van der Waals surface area contributed by atoms with Crippen LogP contribution in [0, 0.1) is 0 Å². The van der Waals surface area contributed by atoms with Crippen LogP contribution in [0.15, 0.2) is 29.2 Å². The van der Waals surface area contributed by atoms with Crippen molar-refractivity contribution >= 4 is 10.0 Å². The van der Waals surface area contributed by atoms with Crippen molar-refractivity contribution in [3.8, 4) is 0 Å². The third-order valence-corrected chi connectivity index (χ3v) is 4.72. The van der Waals surface area contributed by atoms with Gasteiger partial charge in [0.05, 0.1) is 4.90 Å². The minimum Gasteiger partial charge on any atom is -0.313 e. The van der Waals surface area contributed by atoms with Gasteiger partial charge in [0.2, 0.25) is 10.0 Å². The van der Waals surface area contributed by atoms with Crippen molar-refractivity contribution in [3.05, 3.63) is 29.8 Å². The van der Waals surface area contributed by atoms with Gasteiger partial charge in [0.25, 0.3) is 0 Å². The van der Waals surface area contributed by atoms with E-state index >= 15 is 0 Å². The molecule has 0 aliphatic carbocycles. The summed E-state index contributed by atoms with van der Waals surface area (Å²) in [6, 6.07) is 7.16. The molecule has 0 amide bonds. The number of sulfonamides is 1. The monoisotopic (exact) mass is 270 g/mol. The average molecular weight is 270 g/mol. The van der Waals surface area contributed by atoms with Crippen LogP contribution in [0.3, 0.4) is 0 Å². The zero-order valence-electron chi connectivity index (χ0n) is 11.3. The molecule has 0 spiro atoms. The molecule has 4 nitrogen and oxygen atoms in total. The highest BCUT2D eigenvalue weighted by Gasteiger charge is 2.22. The summed E-state index contributed by atoms with van der Waals surface area (Å²) < 4.78 is 26.2. The third-order valence-electron chi connectivity index (χ3n) is 2.76. The van der Waals surface area contributed by atoms with Crippen LogP contribution in [0.4, 0.5) is 0 Å². The molecule has 0 saturated carbocycles. The molecule has 0 bridgehead atoms. The molecule has 5 heteroatoms. The van der Waals surface area contributed by atoms with Crippen LogP contribution < -0.4 is 5.32 Å². The summed E-state index contributed by atoms with van der Waals surface area (Å²) in [5.74, 6) is 0. The first-order valence-electron chi connectivity index (χ1n) is 6.29. The Balaban J connectivity index is 3.07. The quantitative estimate of drug-likeness (QED) is 0.822. The lowest BCUT2D eigenvalue weighted by Crippen LogP contribution is -2.29. The molecule has 102 valence electrons. The molecule has 0 aromatic heterocycles. The van der Waals surface area contributed by atoms with E-state index in [0.29, 0.717) is 18.0 Å². The van der Waals surface area contributed by atoms with Crippen molar-refractivity contribution in [2.24, 2.45) is 0 Å². The van der Waals surface area contributed by atoms with E-state index in [9.17, 15) is 8.42 Å². The Hall–Kier alpha value is -0.910. The fraction of sp³-hybridized carbons (Fsp3) is 0.538. The maximum absolute atomic E-state index is 12.4. The number of hydrogen-bond donors (Lipinski definition) is 1. The number of benzene rings is 1. The Labute approximate surface area is 110 Å². The number of nitrogens with one attached hydrogen (secondary N) is 1. The van der Waals surface area contributed by atoms with E-state index in [0.717, 1.165) is 18.5 Å². The Bertz CT molecular complexity index is 472. The maximum Gasteiger partial charge on any atom is 0.243 e. The van der Waals surface area contributed by atoms with Gasteiger partial charge in [0.15, 0.2) is 0 Å². The number of rotatable bonds is 7. The van der Waals surface area contributed by atoms with Crippen molar-refractivity contribution in [1.82, 2.24) is 9.62 Å². The van der Waals surface area contributed by atoms with Gasteiger partial charge < -0.3 is 5.32 Å². The van der Waals surface area contributed by atoms with Crippen LogP contribution in [0.25, 0.3) is 0 Å². The van der Waals surface area contributed by atoms with E-state index in [1.165, 1.54) is 4.31 Å². The summed E-state index contributed by atoms with van der Waals surface area (Å²) in [6.07, 6.45) is 0.811. The molecule has 0 atom stereocenters. The minimum atomic E-state index is -3.37. The van der Waals surface area contributed by atoms with Gasteiger partial charge in [-0.25, -0.2) is 12.7 Å². The van der Waals surface area contributed by atoms with E-state index in [1.54, 1.807) is 19.2 Å². The maximum atomic E-state index is 12.4.